The molecule has 2 aromatic carbocycles. The number of halogens is 2. The fraction of sp³-hybridized carbons (Fsp3) is 0.294. The molecule has 0 bridgehead atoms. The number of hydrogen-bond acceptors (Lipinski definition) is 1. The van der Waals surface area contributed by atoms with E-state index in [2.05, 4.69) is 18.3 Å². The summed E-state index contributed by atoms with van der Waals surface area (Å²) >= 11 is 6.02. The van der Waals surface area contributed by atoms with Gasteiger partial charge in [0.1, 0.15) is 5.82 Å². The molecule has 0 radical (unpaired) electrons. The summed E-state index contributed by atoms with van der Waals surface area (Å²) in [5.41, 5.74) is 2.79. The van der Waals surface area contributed by atoms with E-state index in [0.29, 0.717) is 12.1 Å². The molecule has 2 aromatic rings. The molecule has 0 saturated heterocycles. The number of benzene rings is 2. The molecule has 0 amide bonds. The summed E-state index contributed by atoms with van der Waals surface area (Å²) in [6.45, 7) is 4.53. The van der Waals surface area contributed by atoms with E-state index < -0.39 is 0 Å². The third-order valence-electron chi connectivity index (χ3n) is 3.45. The highest BCUT2D eigenvalue weighted by Gasteiger charge is 2.09. The van der Waals surface area contributed by atoms with Crippen LogP contribution in [0.3, 0.4) is 0 Å². The summed E-state index contributed by atoms with van der Waals surface area (Å²) in [6, 6.07) is 13.4. The molecule has 0 aliphatic heterocycles. The van der Waals surface area contributed by atoms with Gasteiger partial charge in [-0.2, -0.15) is 0 Å². The zero-order valence-corrected chi connectivity index (χ0v) is 12.5. The zero-order valence-electron chi connectivity index (χ0n) is 11.8. The van der Waals surface area contributed by atoms with Gasteiger partial charge in [0.25, 0.3) is 0 Å². The first kappa shape index (κ1) is 15.0. The minimum Gasteiger partial charge on any atom is -0.306 e. The topological polar surface area (TPSA) is 12.0 Å². The van der Waals surface area contributed by atoms with Crippen molar-refractivity contribution in [2.45, 2.75) is 32.9 Å². The van der Waals surface area contributed by atoms with Crippen LogP contribution in [0.4, 0.5) is 4.39 Å². The van der Waals surface area contributed by atoms with E-state index in [1.54, 1.807) is 13.0 Å². The van der Waals surface area contributed by atoms with Crippen LogP contribution in [0.25, 0.3) is 0 Å². The second-order valence-corrected chi connectivity index (χ2v) is 5.42. The lowest BCUT2D eigenvalue weighted by Crippen LogP contribution is -2.20. The van der Waals surface area contributed by atoms with Crippen LogP contribution in [0.5, 0.6) is 0 Å². The van der Waals surface area contributed by atoms with E-state index >= 15 is 0 Å². The molecular formula is C17H19ClFN. The third-order valence-corrected chi connectivity index (χ3v) is 3.68. The smallest absolute Gasteiger partial charge is 0.126 e. The Hall–Kier alpha value is -1.38. The first-order chi connectivity index (χ1) is 9.60. The van der Waals surface area contributed by atoms with Gasteiger partial charge in [-0.3, -0.25) is 0 Å². The molecular weight excluding hydrogens is 273 g/mol. The highest BCUT2D eigenvalue weighted by atomic mass is 35.5. The van der Waals surface area contributed by atoms with E-state index in [1.165, 1.54) is 0 Å². The second-order valence-electron chi connectivity index (χ2n) is 4.98. The van der Waals surface area contributed by atoms with Crippen LogP contribution in [0, 0.1) is 12.7 Å². The van der Waals surface area contributed by atoms with Crippen molar-refractivity contribution in [1.29, 1.82) is 0 Å². The minimum absolute atomic E-state index is 0.153. The average molecular weight is 292 g/mol. The summed E-state index contributed by atoms with van der Waals surface area (Å²) in [5.74, 6) is -0.153. The monoisotopic (exact) mass is 291 g/mol. The lowest BCUT2D eigenvalue weighted by Gasteiger charge is -2.18. The van der Waals surface area contributed by atoms with Crippen LogP contribution in [0.15, 0.2) is 42.5 Å². The SMILES string of the molecule is CCC(NCc1ccc(C)c(F)c1)c1cccc(Cl)c1. The van der Waals surface area contributed by atoms with Gasteiger partial charge in [-0.25, -0.2) is 4.39 Å². The van der Waals surface area contributed by atoms with Gasteiger partial charge in [-0.1, -0.05) is 42.8 Å². The standard InChI is InChI=1S/C17H19ClFN/c1-3-17(14-5-4-6-15(18)10-14)20-11-13-8-7-12(2)16(19)9-13/h4-10,17,20H,3,11H2,1-2H3. The van der Waals surface area contributed by atoms with E-state index in [-0.39, 0.29) is 11.9 Å². The second kappa shape index (κ2) is 6.87. The summed E-state index contributed by atoms with van der Waals surface area (Å²) in [7, 11) is 0. The maximum Gasteiger partial charge on any atom is 0.126 e. The Bertz CT molecular complexity index is 583. The van der Waals surface area contributed by atoms with Gasteiger partial charge in [0.15, 0.2) is 0 Å². The Labute approximate surface area is 124 Å². The van der Waals surface area contributed by atoms with Gasteiger partial charge >= 0.3 is 0 Å². The number of aryl methyl sites for hydroxylation is 1. The lowest BCUT2D eigenvalue weighted by molar-refractivity contribution is 0.517. The maximum atomic E-state index is 13.5. The van der Waals surface area contributed by atoms with Crippen molar-refractivity contribution in [2.24, 2.45) is 0 Å². The molecule has 0 aliphatic carbocycles. The number of hydrogen-bond donors (Lipinski definition) is 1. The van der Waals surface area contributed by atoms with Crippen molar-refractivity contribution in [2.75, 3.05) is 0 Å². The van der Waals surface area contributed by atoms with Gasteiger partial charge in [-0.15, -0.1) is 0 Å². The fourth-order valence-corrected chi connectivity index (χ4v) is 2.41. The quantitative estimate of drug-likeness (QED) is 0.815. The van der Waals surface area contributed by atoms with Crippen LogP contribution >= 0.6 is 11.6 Å². The first-order valence-corrected chi connectivity index (χ1v) is 7.22. The van der Waals surface area contributed by atoms with Crippen LogP contribution in [0.2, 0.25) is 5.02 Å². The van der Waals surface area contributed by atoms with Crippen molar-refractivity contribution >= 4 is 11.6 Å². The van der Waals surface area contributed by atoms with Crippen molar-refractivity contribution in [3.63, 3.8) is 0 Å². The summed E-state index contributed by atoms with van der Waals surface area (Å²) in [6.07, 6.45) is 0.953. The molecule has 1 unspecified atom stereocenters. The van der Waals surface area contributed by atoms with E-state index in [4.69, 9.17) is 11.6 Å². The molecule has 0 aromatic heterocycles. The van der Waals surface area contributed by atoms with Gasteiger partial charge in [-0.05, 0) is 48.2 Å². The van der Waals surface area contributed by atoms with E-state index in [1.807, 2.05) is 30.3 Å². The summed E-state index contributed by atoms with van der Waals surface area (Å²) in [4.78, 5) is 0. The number of nitrogens with one attached hydrogen (secondary N) is 1. The molecule has 106 valence electrons. The molecule has 0 aliphatic rings. The van der Waals surface area contributed by atoms with Crippen molar-refractivity contribution in [3.8, 4) is 0 Å². The highest BCUT2D eigenvalue weighted by molar-refractivity contribution is 6.30. The largest absolute Gasteiger partial charge is 0.306 e. The van der Waals surface area contributed by atoms with Gasteiger partial charge < -0.3 is 5.32 Å². The Morgan fingerprint density at radius 2 is 2.00 bits per heavy atom. The average Bonchev–Trinajstić information content (AvgIpc) is 2.43. The lowest BCUT2D eigenvalue weighted by atomic mass is 10.0. The van der Waals surface area contributed by atoms with E-state index in [9.17, 15) is 4.39 Å². The predicted molar refractivity (Wildman–Crippen MR) is 82.5 cm³/mol. The van der Waals surface area contributed by atoms with Crippen LogP contribution in [0.1, 0.15) is 36.1 Å². The zero-order chi connectivity index (χ0) is 14.5. The van der Waals surface area contributed by atoms with Crippen molar-refractivity contribution in [1.82, 2.24) is 5.32 Å². The molecule has 1 atom stereocenters. The Kier molecular flexibility index (Phi) is 5.16. The van der Waals surface area contributed by atoms with Crippen LogP contribution in [-0.2, 0) is 6.54 Å². The van der Waals surface area contributed by atoms with Crippen molar-refractivity contribution in [3.05, 3.63) is 70.0 Å². The molecule has 0 saturated carbocycles. The van der Waals surface area contributed by atoms with Crippen molar-refractivity contribution < 1.29 is 4.39 Å². The molecule has 1 N–H and O–H groups in total. The fourth-order valence-electron chi connectivity index (χ4n) is 2.21. The van der Waals surface area contributed by atoms with Gasteiger partial charge in [0.2, 0.25) is 0 Å². The molecule has 0 spiro atoms. The molecule has 0 heterocycles. The summed E-state index contributed by atoms with van der Waals surface area (Å²) < 4.78 is 13.5. The Morgan fingerprint density at radius 3 is 2.65 bits per heavy atom. The maximum absolute atomic E-state index is 13.5. The van der Waals surface area contributed by atoms with Crippen LogP contribution in [-0.4, -0.2) is 0 Å². The minimum atomic E-state index is -0.153. The Morgan fingerprint density at radius 1 is 1.20 bits per heavy atom. The summed E-state index contributed by atoms with van der Waals surface area (Å²) in [5, 5.41) is 4.19. The number of rotatable bonds is 5. The first-order valence-electron chi connectivity index (χ1n) is 6.84. The van der Waals surface area contributed by atoms with E-state index in [0.717, 1.165) is 22.6 Å². The van der Waals surface area contributed by atoms with Crippen LogP contribution < -0.4 is 5.32 Å². The highest BCUT2D eigenvalue weighted by Crippen LogP contribution is 2.21. The molecule has 2 rings (SSSR count). The normalized spacial score (nSPS) is 12.4. The van der Waals surface area contributed by atoms with Gasteiger partial charge in [0, 0.05) is 17.6 Å². The molecule has 1 nitrogen and oxygen atoms in total. The predicted octanol–water partition coefficient (Wildman–Crippen LogP) is 5.03. The third kappa shape index (κ3) is 3.81. The molecule has 20 heavy (non-hydrogen) atoms. The van der Waals surface area contributed by atoms with Gasteiger partial charge in [0.05, 0.1) is 0 Å². The Balaban J connectivity index is 2.05. The molecule has 0 fully saturated rings. The molecule has 3 heteroatoms.